The van der Waals surface area contributed by atoms with Gasteiger partial charge in [-0.3, -0.25) is 0 Å². The van der Waals surface area contributed by atoms with Crippen LogP contribution in [0.2, 0.25) is 0 Å². The predicted molar refractivity (Wildman–Crippen MR) is 132 cm³/mol. The molecule has 0 aromatic rings. The minimum absolute atomic E-state index is 0.0550. The number of fused-ring (bicyclic) bond motifs is 1. The molecule has 1 N–H and O–H groups in total. The van der Waals surface area contributed by atoms with Crippen LogP contribution < -0.4 is 5.32 Å². The molecule has 0 bridgehead atoms. The van der Waals surface area contributed by atoms with Crippen molar-refractivity contribution in [2.24, 2.45) is 16.7 Å². The van der Waals surface area contributed by atoms with Crippen LogP contribution in [-0.4, -0.2) is 13.2 Å². The van der Waals surface area contributed by atoms with Gasteiger partial charge in [0.1, 0.15) is 6.10 Å². The first-order chi connectivity index (χ1) is 14.6. The predicted octanol–water partition coefficient (Wildman–Crippen LogP) is 7.01. The summed E-state index contributed by atoms with van der Waals surface area (Å²) in [6.07, 6.45) is 22.5. The number of ether oxygens (including phenoxy) is 1. The van der Waals surface area contributed by atoms with Crippen molar-refractivity contribution >= 4 is 0 Å². The molecule has 2 atom stereocenters. The summed E-state index contributed by atoms with van der Waals surface area (Å²) in [7, 11) is 1.99. The summed E-state index contributed by atoms with van der Waals surface area (Å²) >= 11 is 0. The summed E-state index contributed by atoms with van der Waals surface area (Å²) in [5, 5.41) is 3.36. The molecule has 0 fully saturated rings. The molecule has 0 amide bonds. The molecule has 0 saturated carbocycles. The molecular weight excluding hydrogens is 378 g/mol. The maximum atomic E-state index is 5.97. The molecule has 2 nitrogen and oxygen atoms in total. The lowest BCUT2D eigenvalue weighted by molar-refractivity contribution is 0.200. The van der Waals surface area contributed by atoms with Crippen LogP contribution in [-0.2, 0) is 4.74 Å². The van der Waals surface area contributed by atoms with Gasteiger partial charge in [-0.05, 0) is 45.6 Å². The summed E-state index contributed by atoms with van der Waals surface area (Å²) < 4.78 is 5.97. The molecule has 0 aromatic heterocycles. The molecule has 3 rings (SSSR count). The van der Waals surface area contributed by atoms with E-state index in [1.54, 1.807) is 5.57 Å². The standard InChI is InChI=1S/C29H39NO/c1-9-10-12-21(30-8)19-20-14-15-23-22(26(20)28(2,3)4)16-17-24(25-13-11-18-31-25)27(23)29(5,6)7/h1,11-12,14-15,17-18,22,25,30H,10,13,16,19H2,2-8H3/b21-12-/t22?,25-/m0/s1. The summed E-state index contributed by atoms with van der Waals surface area (Å²) in [6.45, 7) is 14.0. The Balaban J connectivity index is 2.09. The van der Waals surface area contributed by atoms with Crippen LogP contribution in [0.5, 0.6) is 0 Å². The third-order valence-electron chi connectivity index (χ3n) is 6.45. The van der Waals surface area contributed by atoms with Crippen molar-refractivity contribution in [3.05, 3.63) is 70.2 Å². The van der Waals surface area contributed by atoms with Crippen molar-refractivity contribution in [2.75, 3.05) is 7.05 Å². The molecule has 166 valence electrons. The Bertz CT molecular complexity index is 921. The number of hydrogen-bond acceptors (Lipinski definition) is 2. The molecule has 31 heavy (non-hydrogen) atoms. The van der Waals surface area contributed by atoms with Crippen LogP contribution in [0.4, 0.5) is 0 Å². The summed E-state index contributed by atoms with van der Waals surface area (Å²) in [5.74, 6) is 3.14. The maximum Gasteiger partial charge on any atom is 0.126 e. The number of terminal acetylenes is 1. The van der Waals surface area contributed by atoms with E-state index in [0.717, 1.165) is 19.3 Å². The maximum absolute atomic E-state index is 5.97. The van der Waals surface area contributed by atoms with Gasteiger partial charge in [0, 0.05) is 37.9 Å². The SMILES string of the molecule is C#CC/C=C(/CC1=C(C(C)(C)C)C2CC=C([C@@H]3CC=CO3)C(C(C)(C)C)=C2C=C1)NC. The van der Waals surface area contributed by atoms with Gasteiger partial charge in [0.25, 0.3) is 0 Å². The number of hydrogen-bond donors (Lipinski definition) is 1. The van der Waals surface area contributed by atoms with E-state index in [4.69, 9.17) is 11.2 Å². The first-order valence-electron chi connectivity index (χ1n) is 11.5. The summed E-state index contributed by atoms with van der Waals surface area (Å²) in [4.78, 5) is 0. The molecule has 3 aliphatic rings. The number of rotatable bonds is 5. The Kier molecular flexibility index (Phi) is 6.75. The zero-order valence-corrected chi connectivity index (χ0v) is 20.4. The second-order valence-electron chi connectivity index (χ2n) is 10.8. The highest BCUT2D eigenvalue weighted by atomic mass is 16.5. The fourth-order valence-electron chi connectivity index (χ4n) is 5.34. The van der Waals surface area contributed by atoms with E-state index in [0.29, 0.717) is 12.3 Å². The Morgan fingerprint density at radius 3 is 2.45 bits per heavy atom. The zero-order chi connectivity index (χ0) is 22.8. The van der Waals surface area contributed by atoms with Gasteiger partial charge < -0.3 is 10.1 Å². The highest BCUT2D eigenvalue weighted by Gasteiger charge is 2.39. The lowest BCUT2D eigenvalue weighted by Crippen LogP contribution is -2.31. The fraction of sp³-hybridized carbons (Fsp3) is 0.517. The van der Waals surface area contributed by atoms with Crippen LogP contribution >= 0.6 is 0 Å². The topological polar surface area (TPSA) is 21.3 Å². The Morgan fingerprint density at radius 1 is 1.16 bits per heavy atom. The van der Waals surface area contributed by atoms with Gasteiger partial charge in [-0.25, -0.2) is 0 Å². The highest BCUT2D eigenvalue weighted by molar-refractivity contribution is 5.57. The third kappa shape index (κ3) is 4.93. The Hall–Kier alpha value is -2.40. The summed E-state index contributed by atoms with van der Waals surface area (Å²) in [6, 6.07) is 0. The highest BCUT2D eigenvalue weighted by Crippen LogP contribution is 2.51. The molecular formula is C29H39NO. The van der Waals surface area contributed by atoms with Crippen molar-refractivity contribution in [3.8, 4) is 12.3 Å². The first kappa shape index (κ1) is 23.3. The molecule has 0 spiro atoms. The molecule has 0 aromatic carbocycles. The smallest absolute Gasteiger partial charge is 0.126 e. The number of allylic oxidation sites excluding steroid dienone is 7. The Labute approximate surface area is 189 Å². The van der Waals surface area contributed by atoms with Crippen LogP contribution in [0.25, 0.3) is 0 Å². The lowest BCUT2D eigenvalue weighted by atomic mass is 9.63. The van der Waals surface area contributed by atoms with Crippen molar-refractivity contribution in [2.45, 2.75) is 73.3 Å². The van der Waals surface area contributed by atoms with Crippen molar-refractivity contribution in [1.82, 2.24) is 5.32 Å². The lowest BCUT2D eigenvalue weighted by Gasteiger charge is -2.42. The van der Waals surface area contributed by atoms with Gasteiger partial charge in [0.2, 0.25) is 0 Å². The monoisotopic (exact) mass is 417 g/mol. The van der Waals surface area contributed by atoms with E-state index in [1.165, 1.54) is 28.0 Å². The normalized spacial score (nSPS) is 24.1. The average Bonchev–Trinajstić information content (AvgIpc) is 3.22. The van der Waals surface area contributed by atoms with Gasteiger partial charge >= 0.3 is 0 Å². The average molecular weight is 418 g/mol. The second-order valence-corrected chi connectivity index (χ2v) is 10.8. The van der Waals surface area contributed by atoms with Gasteiger partial charge in [0.05, 0.1) is 6.26 Å². The van der Waals surface area contributed by atoms with E-state index < -0.39 is 0 Å². The van der Waals surface area contributed by atoms with Crippen LogP contribution in [0.3, 0.4) is 0 Å². The minimum atomic E-state index is 0.0550. The van der Waals surface area contributed by atoms with E-state index in [-0.39, 0.29) is 16.9 Å². The number of nitrogens with one attached hydrogen (secondary N) is 1. The minimum Gasteiger partial charge on any atom is -0.493 e. The van der Waals surface area contributed by atoms with Crippen molar-refractivity contribution < 1.29 is 4.74 Å². The van der Waals surface area contributed by atoms with Gasteiger partial charge in [-0.15, -0.1) is 12.3 Å². The molecule has 1 heterocycles. The summed E-state index contributed by atoms with van der Waals surface area (Å²) in [5.41, 5.74) is 8.63. The van der Waals surface area contributed by atoms with Gasteiger partial charge in [-0.2, -0.15) is 0 Å². The van der Waals surface area contributed by atoms with Gasteiger partial charge in [-0.1, -0.05) is 71.4 Å². The zero-order valence-electron chi connectivity index (χ0n) is 20.4. The van der Waals surface area contributed by atoms with E-state index in [2.05, 4.69) is 83.2 Å². The van der Waals surface area contributed by atoms with Crippen LogP contribution in [0.1, 0.15) is 67.2 Å². The molecule has 2 aliphatic carbocycles. The van der Waals surface area contributed by atoms with Gasteiger partial charge in [0.15, 0.2) is 0 Å². The largest absolute Gasteiger partial charge is 0.493 e. The van der Waals surface area contributed by atoms with Crippen LogP contribution in [0, 0.1) is 29.1 Å². The van der Waals surface area contributed by atoms with Crippen LogP contribution in [0.15, 0.2) is 70.2 Å². The fourth-order valence-corrected chi connectivity index (χ4v) is 5.34. The third-order valence-corrected chi connectivity index (χ3v) is 6.45. The Morgan fingerprint density at radius 2 is 1.90 bits per heavy atom. The second kappa shape index (κ2) is 8.99. The van der Waals surface area contributed by atoms with Crippen molar-refractivity contribution in [1.29, 1.82) is 0 Å². The van der Waals surface area contributed by atoms with E-state index >= 15 is 0 Å². The molecule has 2 heteroatoms. The molecule has 1 unspecified atom stereocenters. The first-order valence-corrected chi connectivity index (χ1v) is 11.5. The molecule has 0 radical (unpaired) electrons. The van der Waals surface area contributed by atoms with E-state index in [9.17, 15) is 0 Å². The van der Waals surface area contributed by atoms with E-state index in [1.807, 2.05) is 13.3 Å². The quantitative estimate of drug-likeness (QED) is 0.486. The van der Waals surface area contributed by atoms with Crippen molar-refractivity contribution in [3.63, 3.8) is 0 Å². The molecule has 1 aliphatic heterocycles. The molecule has 0 saturated heterocycles.